The van der Waals surface area contributed by atoms with Crippen molar-refractivity contribution in [1.29, 1.82) is 0 Å². The molecule has 158 valence electrons. The molecule has 5 rings (SSSR count). The molecule has 1 N–H and O–H groups in total. The van der Waals surface area contributed by atoms with Crippen LogP contribution in [-0.4, -0.2) is 56.1 Å². The van der Waals surface area contributed by atoms with Gasteiger partial charge in [-0.3, -0.25) is 4.79 Å². The zero-order chi connectivity index (χ0) is 21.4. The summed E-state index contributed by atoms with van der Waals surface area (Å²) in [6.07, 6.45) is 0.429. The Kier molecular flexibility index (Phi) is 4.95. The Morgan fingerprint density at radius 3 is 2.97 bits per heavy atom. The molecular weight excluding hydrogens is 396 g/mol. The van der Waals surface area contributed by atoms with Gasteiger partial charge in [-0.05, 0) is 37.3 Å². The maximum atomic E-state index is 13.1. The fourth-order valence-electron chi connectivity index (χ4n) is 3.92. The molecule has 0 spiro atoms. The molecule has 0 aliphatic carbocycles. The number of aryl methyl sites for hydroxylation is 2. The van der Waals surface area contributed by atoms with Crippen LogP contribution in [0, 0.1) is 6.92 Å². The molecular formula is C22H22N6O3. The first-order valence-electron chi connectivity index (χ1n) is 10.3. The second-order valence-corrected chi connectivity index (χ2v) is 7.51. The number of nitrogens with zero attached hydrogens (tertiary/aromatic N) is 5. The summed E-state index contributed by atoms with van der Waals surface area (Å²) >= 11 is 0. The Morgan fingerprint density at radius 1 is 1.23 bits per heavy atom. The van der Waals surface area contributed by atoms with Gasteiger partial charge in [-0.25, -0.2) is 4.98 Å². The zero-order valence-electron chi connectivity index (χ0n) is 17.3. The fraction of sp³-hybridized carbons (Fsp3) is 0.318. The lowest BCUT2D eigenvalue weighted by atomic mass is 10.1. The highest BCUT2D eigenvalue weighted by Gasteiger charge is 2.28. The van der Waals surface area contributed by atoms with Crippen molar-refractivity contribution in [3.05, 3.63) is 59.1 Å². The molecule has 0 radical (unpaired) electrons. The maximum absolute atomic E-state index is 13.1. The van der Waals surface area contributed by atoms with Gasteiger partial charge in [-0.2, -0.15) is 15.4 Å². The number of hydrogen-bond donors (Lipinski definition) is 1. The van der Waals surface area contributed by atoms with E-state index in [1.807, 2.05) is 32.0 Å². The number of H-pyrrole nitrogens is 1. The SMILES string of the molecule is CCc1onc(C)c1-c1cccc([C@H]2CN(C(=O)c3ccc4n[nH]nc4c3)CCO2)n1. The van der Waals surface area contributed by atoms with Gasteiger partial charge in [0.05, 0.1) is 35.8 Å². The summed E-state index contributed by atoms with van der Waals surface area (Å²) in [7, 11) is 0. The van der Waals surface area contributed by atoms with Crippen molar-refractivity contribution in [1.82, 2.24) is 30.5 Å². The molecule has 4 heterocycles. The molecule has 1 amide bonds. The molecule has 4 aromatic rings. The van der Waals surface area contributed by atoms with Crippen molar-refractivity contribution in [3.8, 4) is 11.3 Å². The van der Waals surface area contributed by atoms with Gasteiger partial charge in [-0.15, -0.1) is 0 Å². The number of aromatic amines is 1. The second kappa shape index (κ2) is 7.92. The number of carbonyl (C=O) groups excluding carboxylic acids is 1. The number of pyridine rings is 1. The summed E-state index contributed by atoms with van der Waals surface area (Å²) in [5, 5.41) is 14.8. The van der Waals surface area contributed by atoms with Crippen LogP contribution in [0.5, 0.6) is 0 Å². The first-order chi connectivity index (χ1) is 15.1. The van der Waals surface area contributed by atoms with E-state index in [0.29, 0.717) is 30.8 Å². The third kappa shape index (κ3) is 3.57. The standard InChI is InChI=1S/C22H22N6O3/c1-3-19-21(13(2)26-31-19)17-6-4-5-16(23-17)20-12-28(9-10-30-20)22(29)14-7-8-15-18(11-14)25-27-24-15/h4-8,11,20H,3,9-10,12H2,1-2H3,(H,24,25,27)/t20-/m1/s1. The normalized spacial score (nSPS) is 16.7. The van der Waals surface area contributed by atoms with Crippen molar-refractivity contribution in [2.45, 2.75) is 26.4 Å². The van der Waals surface area contributed by atoms with Crippen LogP contribution in [-0.2, 0) is 11.2 Å². The van der Waals surface area contributed by atoms with E-state index in [0.717, 1.165) is 40.3 Å². The molecule has 0 unspecified atom stereocenters. The van der Waals surface area contributed by atoms with Crippen LogP contribution in [0.4, 0.5) is 0 Å². The molecule has 3 aromatic heterocycles. The molecule has 31 heavy (non-hydrogen) atoms. The smallest absolute Gasteiger partial charge is 0.254 e. The molecule has 1 aliphatic heterocycles. The number of morpholine rings is 1. The minimum absolute atomic E-state index is 0.0579. The van der Waals surface area contributed by atoms with E-state index in [2.05, 4.69) is 20.6 Å². The Hall–Kier alpha value is -3.59. The summed E-state index contributed by atoms with van der Waals surface area (Å²) in [5.74, 6) is 0.754. The molecule has 0 saturated carbocycles. The lowest BCUT2D eigenvalue weighted by Gasteiger charge is -2.33. The number of rotatable bonds is 4. The van der Waals surface area contributed by atoms with Crippen molar-refractivity contribution in [2.75, 3.05) is 19.7 Å². The quantitative estimate of drug-likeness (QED) is 0.542. The molecule has 1 saturated heterocycles. The summed E-state index contributed by atoms with van der Waals surface area (Å²) < 4.78 is 11.4. The van der Waals surface area contributed by atoms with Crippen molar-refractivity contribution in [2.24, 2.45) is 0 Å². The summed E-state index contributed by atoms with van der Waals surface area (Å²) in [4.78, 5) is 19.7. The first kappa shape index (κ1) is 19.4. The average molecular weight is 418 g/mol. The van der Waals surface area contributed by atoms with E-state index >= 15 is 0 Å². The average Bonchev–Trinajstić information content (AvgIpc) is 3.44. The highest BCUT2D eigenvalue weighted by molar-refractivity contribution is 5.97. The van der Waals surface area contributed by atoms with Crippen molar-refractivity contribution < 1.29 is 14.1 Å². The third-order valence-electron chi connectivity index (χ3n) is 5.53. The van der Waals surface area contributed by atoms with Gasteiger partial charge in [-0.1, -0.05) is 18.1 Å². The van der Waals surface area contributed by atoms with Crippen LogP contribution in [0.2, 0.25) is 0 Å². The lowest BCUT2D eigenvalue weighted by Crippen LogP contribution is -2.42. The molecule has 1 aliphatic rings. The zero-order valence-corrected chi connectivity index (χ0v) is 17.3. The fourth-order valence-corrected chi connectivity index (χ4v) is 3.92. The number of aromatic nitrogens is 5. The lowest BCUT2D eigenvalue weighted by molar-refractivity contribution is -0.0246. The molecule has 9 heteroatoms. The number of hydrogen-bond acceptors (Lipinski definition) is 7. The minimum atomic E-state index is -0.307. The summed E-state index contributed by atoms with van der Waals surface area (Å²) in [5.41, 5.74) is 5.30. The van der Waals surface area contributed by atoms with Gasteiger partial charge in [0.25, 0.3) is 5.91 Å². The largest absolute Gasteiger partial charge is 0.368 e. The van der Waals surface area contributed by atoms with E-state index in [4.69, 9.17) is 14.2 Å². The molecule has 9 nitrogen and oxygen atoms in total. The maximum Gasteiger partial charge on any atom is 0.254 e. The number of nitrogens with one attached hydrogen (secondary N) is 1. The van der Waals surface area contributed by atoms with Crippen LogP contribution in [0.25, 0.3) is 22.3 Å². The Balaban J connectivity index is 1.39. The monoisotopic (exact) mass is 418 g/mol. The van der Waals surface area contributed by atoms with Crippen LogP contribution >= 0.6 is 0 Å². The Labute approximate surface area is 178 Å². The van der Waals surface area contributed by atoms with E-state index in [9.17, 15) is 4.79 Å². The summed E-state index contributed by atoms with van der Waals surface area (Å²) in [6, 6.07) is 11.1. The van der Waals surface area contributed by atoms with E-state index in [1.54, 1.807) is 23.1 Å². The van der Waals surface area contributed by atoms with E-state index in [1.165, 1.54) is 0 Å². The van der Waals surface area contributed by atoms with Crippen LogP contribution in [0.1, 0.15) is 40.5 Å². The van der Waals surface area contributed by atoms with Crippen molar-refractivity contribution >= 4 is 16.9 Å². The van der Waals surface area contributed by atoms with Crippen LogP contribution in [0.15, 0.2) is 40.9 Å². The minimum Gasteiger partial charge on any atom is -0.368 e. The first-order valence-corrected chi connectivity index (χ1v) is 10.3. The topological polar surface area (TPSA) is 110 Å². The van der Waals surface area contributed by atoms with Crippen LogP contribution < -0.4 is 0 Å². The summed E-state index contributed by atoms with van der Waals surface area (Å²) in [6.45, 7) is 5.33. The molecule has 1 aromatic carbocycles. The Bertz CT molecular complexity index is 1250. The molecule has 1 fully saturated rings. The highest BCUT2D eigenvalue weighted by Crippen LogP contribution is 2.29. The number of amides is 1. The van der Waals surface area contributed by atoms with Crippen LogP contribution in [0.3, 0.4) is 0 Å². The van der Waals surface area contributed by atoms with Gasteiger partial charge in [0.1, 0.15) is 22.9 Å². The molecule has 1 atom stereocenters. The van der Waals surface area contributed by atoms with Gasteiger partial charge in [0.15, 0.2) is 0 Å². The van der Waals surface area contributed by atoms with E-state index in [-0.39, 0.29) is 12.0 Å². The second-order valence-electron chi connectivity index (χ2n) is 7.51. The molecule has 0 bridgehead atoms. The third-order valence-corrected chi connectivity index (χ3v) is 5.53. The predicted molar refractivity (Wildman–Crippen MR) is 112 cm³/mol. The van der Waals surface area contributed by atoms with Gasteiger partial charge >= 0.3 is 0 Å². The van der Waals surface area contributed by atoms with E-state index < -0.39 is 0 Å². The number of carbonyl (C=O) groups is 1. The van der Waals surface area contributed by atoms with Gasteiger partial charge < -0.3 is 14.2 Å². The van der Waals surface area contributed by atoms with Crippen molar-refractivity contribution in [3.63, 3.8) is 0 Å². The van der Waals surface area contributed by atoms with Gasteiger partial charge in [0, 0.05) is 18.5 Å². The number of fused-ring (bicyclic) bond motifs is 1. The number of ether oxygens (including phenoxy) is 1. The predicted octanol–water partition coefficient (Wildman–Crippen LogP) is 3.09. The number of benzene rings is 1. The highest BCUT2D eigenvalue weighted by atomic mass is 16.5. The van der Waals surface area contributed by atoms with Gasteiger partial charge in [0.2, 0.25) is 0 Å². The Morgan fingerprint density at radius 2 is 2.10 bits per heavy atom.